The van der Waals surface area contributed by atoms with E-state index in [1.54, 1.807) is 12.4 Å². The van der Waals surface area contributed by atoms with Gasteiger partial charge >= 0.3 is 8.60 Å². The van der Waals surface area contributed by atoms with Crippen LogP contribution in [-0.4, -0.2) is 4.98 Å². The van der Waals surface area contributed by atoms with Crippen molar-refractivity contribution in [3.05, 3.63) is 122 Å². The van der Waals surface area contributed by atoms with Crippen molar-refractivity contribution in [3.63, 3.8) is 0 Å². The van der Waals surface area contributed by atoms with Crippen LogP contribution in [0.15, 0.2) is 122 Å². The lowest BCUT2D eigenvalue weighted by molar-refractivity contribution is 0.388. The molecule has 0 atom stereocenters. The maximum atomic E-state index is 5.84. The van der Waals surface area contributed by atoms with Gasteiger partial charge in [0, 0.05) is 12.4 Å². The summed E-state index contributed by atoms with van der Waals surface area (Å²) in [7, 11) is -1.59. The Morgan fingerprint density at radius 1 is 0.429 bits per heavy atom. The van der Waals surface area contributed by atoms with Gasteiger partial charge in [0.1, 0.15) is 17.2 Å². The van der Waals surface area contributed by atoms with E-state index in [1.165, 1.54) is 0 Å². The Morgan fingerprint density at radius 2 is 0.750 bits per heavy atom. The Labute approximate surface area is 166 Å². The Kier molecular flexibility index (Phi) is 7.88. The summed E-state index contributed by atoms with van der Waals surface area (Å²) in [4.78, 5) is 3.78. The quantitative estimate of drug-likeness (QED) is 0.352. The second-order valence-corrected chi connectivity index (χ2v) is 6.46. The largest absolute Gasteiger partial charge is 0.530 e. The fraction of sp³-hybridized carbons (Fsp3) is 0. The van der Waals surface area contributed by atoms with Crippen LogP contribution in [0.4, 0.5) is 0 Å². The van der Waals surface area contributed by atoms with Gasteiger partial charge in [-0.3, -0.25) is 4.98 Å². The highest BCUT2D eigenvalue weighted by atomic mass is 31.2. The van der Waals surface area contributed by atoms with E-state index in [4.69, 9.17) is 13.6 Å². The molecule has 28 heavy (non-hydrogen) atoms. The van der Waals surface area contributed by atoms with Crippen molar-refractivity contribution in [2.24, 2.45) is 0 Å². The van der Waals surface area contributed by atoms with Crippen LogP contribution in [0.25, 0.3) is 0 Å². The molecule has 0 N–H and O–H groups in total. The summed E-state index contributed by atoms with van der Waals surface area (Å²) in [6, 6.07) is 34.2. The first-order chi connectivity index (χ1) is 13.9. The predicted molar refractivity (Wildman–Crippen MR) is 112 cm³/mol. The Hall–Kier alpha value is -3.36. The minimum atomic E-state index is -1.59. The fourth-order valence-electron chi connectivity index (χ4n) is 2.07. The molecule has 0 unspecified atom stereocenters. The predicted octanol–water partition coefficient (Wildman–Crippen LogP) is 6.53. The smallest absolute Gasteiger partial charge is 0.409 e. The molecule has 4 rings (SSSR count). The van der Waals surface area contributed by atoms with Crippen molar-refractivity contribution in [2.75, 3.05) is 0 Å². The zero-order valence-electron chi connectivity index (χ0n) is 15.2. The van der Waals surface area contributed by atoms with E-state index in [0.29, 0.717) is 17.2 Å². The zero-order valence-corrected chi connectivity index (χ0v) is 16.1. The molecule has 0 saturated carbocycles. The van der Waals surface area contributed by atoms with E-state index in [1.807, 2.05) is 109 Å². The van der Waals surface area contributed by atoms with Crippen molar-refractivity contribution >= 4 is 8.60 Å². The highest BCUT2D eigenvalue weighted by Crippen LogP contribution is 2.41. The minimum absolute atomic E-state index is 0.709. The summed E-state index contributed by atoms with van der Waals surface area (Å²) in [5, 5.41) is 0. The number of aromatic nitrogens is 1. The van der Waals surface area contributed by atoms with Crippen LogP contribution >= 0.6 is 8.60 Å². The van der Waals surface area contributed by atoms with Gasteiger partial charge in [0.25, 0.3) is 0 Å². The maximum Gasteiger partial charge on any atom is 0.530 e. The first kappa shape index (κ1) is 19.4. The average Bonchev–Trinajstić information content (AvgIpc) is 2.77. The second kappa shape index (κ2) is 11.4. The third-order valence-corrected chi connectivity index (χ3v) is 4.42. The molecular formula is C23H20NO3P. The molecule has 0 radical (unpaired) electrons. The van der Waals surface area contributed by atoms with E-state index < -0.39 is 8.60 Å². The average molecular weight is 389 g/mol. The van der Waals surface area contributed by atoms with Crippen LogP contribution in [0.2, 0.25) is 0 Å². The summed E-state index contributed by atoms with van der Waals surface area (Å²) < 4.78 is 17.5. The molecule has 140 valence electrons. The molecule has 0 aliphatic rings. The Balaban J connectivity index is 0.000000320. The Bertz CT molecular complexity index is 768. The first-order valence-corrected chi connectivity index (χ1v) is 9.84. The number of rotatable bonds is 6. The molecule has 0 bridgehead atoms. The fourth-order valence-corrected chi connectivity index (χ4v) is 3.06. The van der Waals surface area contributed by atoms with Crippen LogP contribution in [0.5, 0.6) is 17.2 Å². The monoisotopic (exact) mass is 389 g/mol. The molecule has 3 aromatic carbocycles. The van der Waals surface area contributed by atoms with E-state index in [9.17, 15) is 0 Å². The van der Waals surface area contributed by atoms with Crippen LogP contribution in [-0.2, 0) is 0 Å². The van der Waals surface area contributed by atoms with Crippen LogP contribution < -0.4 is 13.6 Å². The number of hydrogen-bond donors (Lipinski definition) is 0. The number of hydrogen-bond acceptors (Lipinski definition) is 4. The maximum absolute atomic E-state index is 5.84. The molecule has 0 spiro atoms. The van der Waals surface area contributed by atoms with Crippen LogP contribution in [0.3, 0.4) is 0 Å². The highest BCUT2D eigenvalue weighted by molar-refractivity contribution is 7.43. The van der Waals surface area contributed by atoms with Gasteiger partial charge in [-0.05, 0) is 48.5 Å². The number of para-hydroxylation sites is 3. The van der Waals surface area contributed by atoms with Gasteiger partial charge in [0.15, 0.2) is 0 Å². The van der Waals surface area contributed by atoms with Gasteiger partial charge in [-0.1, -0.05) is 60.7 Å². The summed E-state index contributed by atoms with van der Waals surface area (Å²) in [6.07, 6.45) is 3.50. The third-order valence-electron chi connectivity index (χ3n) is 3.34. The molecular weight excluding hydrogens is 369 g/mol. The molecule has 0 aliphatic carbocycles. The van der Waals surface area contributed by atoms with Gasteiger partial charge < -0.3 is 13.6 Å². The first-order valence-electron chi connectivity index (χ1n) is 8.74. The molecule has 0 fully saturated rings. The lowest BCUT2D eigenvalue weighted by Gasteiger charge is -2.17. The van der Waals surface area contributed by atoms with Crippen LogP contribution in [0.1, 0.15) is 0 Å². The highest BCUT2D eigenvalue weighted by Gasteiger charge is 2.19. The van der Waals surface area contributed by atoms with Gasteiger partial charge in [0.05, 0.1) is 0 Å². The van der Waals surface area contributed by atoms with Crippen molar-refractivity contribution in [3.8, 4) is 17.2 Å². The molecule has 1 aromatic heterocycles. The van der Waals surface area contributed by atoms with Crippen molar-refractivity contribution in [1.82, 2.24) is 4.98 Å². The molecule has 0 amide bonds. The summed E-state index contributed by atoms with van der Waals surface area (Å²) in [5.41, 5.74) is 0. The van der Waals surface area contributed by atoms with Crippen molar-refractivity contribution in [2.45, 2.75) is 0 Å². The van der Waals surface area contributed by atoms with Gasteiger partial charge in [-0.2, -0.15) is 0 Å². The van der Waals surface area contributed by atoms with Gasteiger partial charge in [-0.15, -0.1) is 0 Å². The van der Waals surface area contributed by atoms with E-state index in [-0.39, 0.29) is 0 Å². The second-order valence-electron chi connectivity index (χ2n) is 5.46. The number of pyridine rings is 1. The number of nitrogens with zero attached hydrogens (tertiary/aromatic N) is 1. The van der Waals surface area contributed by atoms with Crippen molar-refractivity contribution < 1.29 is 13.6 Å². The SMILES string of the molecule is c1ccc(OP(Oc2ccccc2)Oc2ccccc2)cc1.c1ccncc1. The summed E-state index contributed by atoms with van der Waals surface area (Å²) in [6.45, 7) is 0. The van der Waals surface area contributed by atoms with E-state index in [0.717, 1.165) is 0 Å². The normalized spacial score (nSPS) is 9.75. The molecule has 1 heterocycles. The van der Waals surface area contributed by atoms with Gasteiger partial charge in [-0.25, -0.2) is 0 Å². The van der Waals surface area contributed by atoms with E-state index in [2.05, 4.69) is 4.98 Å². The lowest BCUT2D eigenvalue weighted by atomic mass is 10.3. The zero-order chi connectivity index (χ0) is 19.3. The molecule has 4 aromatic rings. The lowest BCUT2D eigenvalue weighted by Crippen LogP contribution is -2.02. The molecule has 4 nitrogen and oxygen atoms in total. The van der Waals surface area contributed by atoms with Crippen molar-refractivity contribution in [1.29, 1.82) is 0 Å². The van der Waals surface area contributed by atoms with Crippen LogP contribution in [0, 0.1) is 0 Å². The summed E-state index contributed by atoms with van der Waals surface area (Å²) >= 11 is 0. The molecule has 5 heteroatoms. The third kappa shape index (κ3) is 7.10. The molecule has 0 aliphatic heterocycles. The van der Waals surface area contributed by atoms with Gasteiger partial charge in [0.2, 0.25) is 0 Å². The topological polar surface area (TPSA) is 40.6 Å². The Morgan fingerprint density at radius 3 is 1.00 bits per heavy atom. The van der Waals surface area contributed by atoms with E-state index >= 15 is 0 Å². The number of benzene rings is 3. The molecule has 0 saturated heterocycles. The standard InChI is InChI=1S/C18H15O3P.C5H5N/c1-4-10-16(11-5-1)19-22(20-17-12-6-2-7-13-17)21-18-14-8-3-9-15-18;1-2-4-6-5-3-1/h1-15H;1-5H. The minimum Gasteiger partial charge on any atom is -0.409 e. The summed E-state index contributed by atoms with van der Waals surface area (Å²) in [5.74, 6) is 2.13.